The van der Waals surface area contributed by atoms with Gasteiger partial charge in [0.1, 0.15) is 5.69 Å². The zero-order valence-corrected chi connectivity index (χ0v) is 14.8. The van der Waals surface area contributed by atoms with Crippen LogP contribution in [0.2, 0.25) is 0 Å². The Hall–Kier alpha value is -3.08. The molecule has 1 amide bonds. The second-order valence-corrected chi connectivity index (χ2v) is 6.56. The van der Waals surface area contributed by atoms with E-state index in [4.69, 9.17) is 4.52 Å². The fraction of sp³-hybridized carbons (Fsp3) is 0.238. The van der Waals surface area contributed by atoms with Gasteiger partial charge in [-0.05, 0) is 24.6 Å². The van der Waals surface area contributed by atoms with E-state index in [9.17, 15) is 4.79 Å². The molecule has 0 saturated carbocycles. The third kappa shape index (κ3) is 3.33. The number of benzene rings is 2. The number of hydrogen-bond acceptors (Lipinski definition) is 4. The largest absolute Gasteiger partial charge is 0.368 e. The average Bonchev–Trinajstić information content (AvgIpc) is 3.18. The lowest BCUT2D eigenvalue weighted by molar-refractivity contribution is 0.0705. The Labute approximate surface area is 152 Å². The van der Waals surface area contributed by atoms with Crippen LogP contribution < -0.4 is 4.90 Å². The topological polar surface area (TPSA) is 49.6 Å². The second kappa shape index (κ2) is 7.04. The van der Waals surface area contributed by atoms with Crippen LogP contribution in [0.15, 0.2) is 65.2 Å². The summed E-state index contributed by atoms with van der Waals surface area (Å²) in [5.74, 6) is 0.205. The molecule has 0 bridgehead atoms. The van der Waals surface area contributed by atoms with E-state index in [0.29, 0.717) is 24.5 Å². The van der Waals surface area contributed by atoms with Crippen molar-refractivity contribution >= 4 is 11.6 Å². The van der Waals surface area contributed by atoms with Crippen molar-refractivity contribution in [3.05, 3.63) is 72.0 Å². The van der Waals surface area contributed by atoms with Gasteiger partial charge in [-0.15, -0.1) is 0 Å². The van der Waals surface area contributed by atoms with E-state index in [2.05, 4.69) is 41.2 Å². The third-order valence-electron chi connectivity index (χ3n) is 4.72. The Morgan fingerprint density at radius 1 is 0.962 bits per heavy atom. The molecule has 2 heterocycles. The molecule has 5 nitrogen and oxygen atoms in total. The summed E-state index contributed by atoms with van der Waals surface area (Å²) >= 11 is 0. The summed E-state index contributed by atoms with van der Waals surface area (Å²) in [7, 11) is 0. The molecule has 0 spiro atoms. The van der Waals surface area contributed by atoms with Crippen molar-refractivity contribution in [3.8, 4) is 11.3 Å². The number of piperazine rings is 1. The molecule has 2 aromatic carbocycles. The number of anilines is 1. The summed E-state index contributed by atoms with van der Waals surface area (Å²) in [5.41, 5.74) is 4.09. The highest BCUT2D eigenvalue weighted by atomic mass is 16.5. The summed E-state index contributed by atoms with van der Waals surface area (Å²) in [6.07, 6.45) is 0. The minimum atomic E-state index is -0.0939. The Balaban J connectivity index is 1.42. The molecule has 0 radical (unpaired) electrons. The molecule has 0 N–H and O–H groups in total. The molecule has 26 heavy (non-hydrogen) atoms. The van der Waals surface area contributed by atoms with Gasteiger partial charge in [-0.1, -0.05) is 47.6 Å². The predicted molar refractivity (Wildman–Crippen MR) is 101 cm³/mol. The zero-order valence-electron chi connectivity index (χ0n) is 14.8. The van der Waals surface area contributed by atoms with E-state index in [0.717, 1.165) is 18.7 Å². The molecule has 5 heteroatoms. The molecule has 3 aromatic rings. The first kappa shape index (κ1) is 16.4. The highest BCUT2D eigenvalue weighted by Gasteiger charge is 2.25. The molecular formula is C21H21N3O2. The molecule has 1 aliphatic rings. The number of hydrogen-bond donors (Lipinski definition) is 0. The first-order chi connectivity index (χ1) is 12.7. The lowest BCUT2D eigenvalue weighted by Crippen LogP contribution is -2.48. The summed E-state index contributed by atoms with van der Waals surface area (Å²) in [4.78, 5) is 16.9. The smallest absolute Gasteiger partial charge is 0.292 e. The molecule has 1 fully saturated rings. The Morgan fingerprint density at radius 2 is 1.73 bits per heavy atom. The van der Waals surface area contributed by atoms with Gasteiger partial charge in [-0.25, -0.2) is 0 Å². The van der Waals surface area contributed by atoms with Crippen molar-refractivity contribution in [2.24, 2.45) is 0 Å². The van der Waals surface area contributed by atoms with Gasteiger partial charge in [-0.2, -0.15) is 0 Å². The van der Waals surface area contributed by atoms with Crippen molar-refractivity contribution in [1.29, 1.82) is 0 Å². The van der Waals surface area contributed by atoms with E-state index in [-0.39, 0.29) is 5.91 Å². The van der Waals surface area contributed by atoms with Crippen molar-refractivity contribution in [2.45, 2.75) is 6.92 Å². The van der Waals surface area contributed by atoms with Crippen LogP contribution in [0.25, 0.3) is 11.3 Å². The first-order valence-electron chi connectivity index (χ1n) is 8.84. The number of nitrogens with zero attached hydrogens (tertiary/aromatic N) is 3. The minimum Gasteiger partial charge on any atom is -0.368 e. The highest BCUT2D eigenvalue weighted by molar-refractivity contribution is 5.92. The van der Waals surface area contributed by atoms with Crippen molar-refractivity contribution < 1.29 is 9.32 Å². The fourth-order valence-corrected chi connectivity index (χ4v) is 3.27. The first-order valence-corrected chi connectivity index (χ1v) is 8.84. The molecule has 1 aliphatic heterocycles. The number of carbonyl (C=O) groups excluding carboxylic acids is 1. The van der Waals surface area contributed by atoms with Crippen LogP contribution in [-0.2, 0) is 0 Å². The van der Waals surface area contributed by atoms with Crippen LogP contribution >= 0.6 is 0 Å². The third-order valence-corrected chi connectivity index (χ3v) is 4.72. The molecule has 0 aliphatic carbocycles. The summed E-state index contributed by atoms with van der Waals surface area (Å²) < 4.78 is 5.31. The maximum atomic E-state index is 12.7. The monoisotopic (exact) mass is 347 g/mol. The average molecular weight is 347 g/mol. The molecule has 0 unspecified atom stereocenters. The molecule has 1 aromatic heterocycles. The van der Waals surface area contributed by atoms with Crippen LogP contribution in [0, 0.1) is 6.92 Å². The van der Waals surface area contributed by atoms with E-state index in [1.54, 1.807) is 6.07 Å². The number of aromatic nitrogens is 1. The van der Waals surface area contributed by atoms with Crippen LogP contribution in [0.1, 0.15) is 16.1 Å². The normalized spacial score (nSPS) is 14.5. The maximum absolute atomic E-state index is 12.7. The maximum Gasteiger partial charge on any atom is 0.292 e. The zero-order chi connectivity index (χ0) is 17.9. The van der Waals surface area contributed by atoms with E-state index in [1.165, 1.54) is 11.3 Å². The van der Waals surface area contributed by atoms with Gasteiger partial charge in [0.25, 0.3) is 5.91 Å². The predicted octanol–water partition coefficient (Wildman–Crippen LogP) is 3.61. The lowest BCUT2D eigenvalue weighted by Gasteiger charge is -2.35. The molecule has 4 rings (SSSR count). The lowest BCUT2D eigenvalue weighted by atomic mass is 10.1. The molecular weight excluding hydrogens is 326 g/mol. The fourth-order valence-electron chi connectivity index (χ4n) is 3.27. The van der Waals surface area contributed by atoms with E-state index >= 15 is 0 Å². The van der Waals surface area contributed by atoms with Gasteiger partial charge in [0.05, 0.1) is 0 Å². The molecule has 1 saturated heterocycles. The van der Waals surface area contributed by atoms with Crippen molar-refractivity contribution in [3.63, 3.8) is 0 Å². The number of amides is 1. The van der Waals surface area contributed by atoms with Gasteiger partial charge >= 0.3 is 0 Å². The molecule has 132 valence electrons. The molecule has 0 atom stereocenters. The Bertz CT molecular complexity index is 896. The summed E-state index contributed by atoms with van der Waals surface area (Å²) in [5, 5.41) is 4.04. The Morgan fingerprint density at radius 3 is 2.46 bits per heavy atom. The van der Waals surface area contributed by atoms with E-state index in [1.807, 2.05) is 35.2 Å². The van der Waals surface area contributed by atoms with Gasteiger partial charge in [0.2, 0.25) is 5.76 Å². The van der Waals surface area contributed by atoms with Crippen LogP contribution in [0.4, 0.5) is 5.69 Å². The van der Waals surface area contributed by atoms with E-state index < -0.39 is 0 Å². The number of rotatable bonds is 3. The second-order valence-electron chi connectivity index (χ2n) is 6.56. The van der Waals surface area contributed by atoms with Crippen molar-refractivity contribution in [1.82, 2.24) is 10.1 Å². The van der Waals surface area contributed by atoms with Gasteiger partial charge < -0.3 is 14.3 Å². The number of aryl methyl sites for hydroxylation is 1. The van der Waals surface area contributed by atoms with Gasteiger partial charge in [0, 0.05) is 43.5 Å². The highest BCUT2D eigenvalue weighted by Crippen LogP contribution is 2.21. The standard InChI is InChI=1S/C21H21N3O2/c1-16-6-5-9-18(14-16)23-10-12-24(13-11-23)21(25)20-15-19(22-26-20)17-7-3-2-4-8-17/h2-9,14-15H,10-13H2,1H3. The van der Waals surface area contributed by atoms with Crippen LogP contribution in [0.5, 0.6) is 0 Å². The quantitative estimate of drug-likeness (QED) is 0.726. The Kier molecular flexibility index (Phi) is 4.44. The van der Waals surface area contributed by atoms with Gasteiger partial charge in [-0.3, -0.25) is 4.79 Å². The number of carbonyl (C=O) groups is 1. The van der Waals surface area contributed by atoms with Gasteiger partial charge in [0.15, 0.2) is 0 Å². The SMILES string of the molecule is Cc1cccc(N2CCN(C(=O)c3cc(-c4ccccc4)no3)CC2)c1. The van der Waals surface area contributed by atoms with Crippen molar-refractivity contribution in [2.75, 3.05) is 31.1 Å². The van der Waals surface area contributed by atoms with Crippen LogP contribution in [-0.4, -0.2) is 42.1 Å². The van der Waals surface area contributed by atoms with Crippen LogP contribution in [0.3, 0.4) is 0 Å². The minimum absolute atomic E-state index is 0.0939. The summed E-state index contributed by atoms with van der Waals surface area (Å²) in [6.45, 7) is 5.07. The summed E-state index contributed by atoms with van der Waals surface area (Å²) in [6, 6.07) is 19.9.